The average molecular weight is 865 g/mol. The fourth-order valence-corrected chi connectivity index (χ4v) is 20.2. The van der Waals surface area contributed by atoms with Gasteiger partial charge in [0.15, 0.2) is 5.79 Å². The summed E-state index contributed by atoms with van der Waals surface area (Å²) in [6, 6.07) is 9.05. The number of hydrogen-bond acceptors (Lipinski definition) is 5. The summed E-state index contributed by atoms with van der Waals surface area (Å²) >= 11 is 0. The van der Waals surface area contributed by atoms with Gasteiger partial charge in [-0.1, -0.05) is 96.4 Å². The van der Waals surface area contributed by atoms with E-state index >= 15 is 0 Å². The summed E-state index contributed by atoms with van der Waals surface area (Å²) in [5.41, 5.74) is 0.191. The van der Waals surface area contributed by atoms with Gasteiger partial charge in [0, 0.05) is 42.1 Å². The lowest BCUT2D eigenvalue weighted by molar-refractivity contribution is -0.380. The van der Waals surface area contributed by atoms with E-state index < -0.39 is 28.0 Å². The van der Waals surface area contributed by atoms with Crippen LogP contribution >= 0.6 is 0 Å². The third-order valence-corrected chi connectivity index (χ3v) is 23.4. The molecule has 1 aliphatic heterocycles. The number of fused-ring (bicyclic) bond motifs is 2. The van der Waals surface area contributed by atoms with E-state index in [1.807, 2.05) is 0 Å². The van der Waals surface area contributed by atoms with E-state index in [1.165, 1.54) is 62.5 Å². The molecule has 6 nitrogen and oxygen atoms in total. The van der Waals surface area contributed by atoms with Gasteiger partial charge < -0.3 is 24.8 Å². The van der Waals surface area contributed by atoms with Crippen LogP contribution in [-0.2, 0) is 27.1 Å². The number of carbonyl (C=O) groups is 1. The highest BCUT2D eigenvalue weighted by atomic mass is 16.6. The van der Waals surface area contributed by atoms with Crippen molar-refractivity contribution >= 4 is 5.97 Å². The monoisotopic (exact) mass is 865 g/mol. The number of aliphatic hydroxyl groups excluding tert-OH is 1. The van der Waals surface area contributed by atoms with E-state index in [-0.39, 0.29) is 51.6 Å². The molecular formula is C57H84O6. The Labute approximate surface area is 381 Å². The third kappa shape index (κ3) is 5.86. The summed E-state index contributed by atoms with van der Waals surface area (Å²) in [6.45, 7) is 13.1. The Kier molecular flexibility index (Phi) is 11.1. The summed E-state index contributed by atoms with van der Waals surface area (Å²) in [4.78, 5) is 13.4. The minimum atomic E-state index is -1.20. The number of carboxylic acid groups (broad SMARTS) is 1. The molecule has 348 valence electrons. The van der Waals surface area contributed by atoms with Crippen molar-refractivity contribution in [2.45, 2.75) is 201 Å². The van der Waals surface area contributed by atoms with Crippen molar-refractivity contribution in [2.75, 3.05) is 20.3 Å². The van der Waals surface area contributed by atoms with Crippen molar-refractivity contribution in [1.29, 1.82) is 0 Å². The second-order valence-electron chi connectivity index (χ2n) is 25.1. The molecule has 2 spiro atoms. The summed E-state index contributed by atoms with van der Waals surface area (Å²) in [5, 5.41) is 37.0. The number of hydrogen-bond donors (Lipinski definition) is 3. The van der Waals surface area contributed by atoms with Crippen LogP contribution in [0.3, 0.4) is 0 Å². The molecule has 0 amide bonds. The molecule has 10 rings (SSSR count). The molecule has 4 bridgehead atoms. The second-order valence-corrected chi connectivity index (χ2v) is 25.1. The number of aliphatic carboxylic acids is 1. The SMILES string of the molecule is CCC[C@H]1[C@]23CC[C@@]45C#CC[C@H](CCC6CCCC6)CC[C@@]6(C[C@H]7CC[C@H](C[C@]1(O)O[C@H]2Cc1ccc(CCOC)cc1)[C@@]3(CO)[C@]74C)[C@@H]1C[C@](C)(C(=O)O)CC[C@@]1(C)CC[C@@]65C. The van der Waals surface area contributed by atoms with Crippen LogP contribution in [0.1, 0.15) is 187 Å². The molecule has 7 saturated carbocycles. The number of ether oxygens (including phenoxy) is 2. The Morgan fingerprint density at radius 3 is 2.25 bits per heavy atom. The fraction of sp³-hybridized carbons (Fsp3) is 0.842. The first-order chi connectivity index (χ1) is 30.1. The van der Waals surface area contributed by atoms with Crippen LogP contribution < -0.4 is 0 Å². The Hall–Kier alpha value is -1.91. The van der Waals surface area contributed by atoms with Gasteiger partial charge >= 0.3 is 5.97 Å². The maximum absolute atomic E-state index is 13.4. The number of methoxy groups -OCH3 is 1. The average Bonchev–Trinajstić information content (AvgIpc) is 3.85. The van der Waals surface area contributed by atoms with Crippen molar-refractivity contribution in [1.82, 2.24) is 0 Å². The van der Waals surface area contributed by atoms with Gasteiger partial charge in [-0.15, -0.1) is 5.92 Å². The molecule has 15 atom stereocenters. The van der Waals surface area contributed by atoms with Gasteiger partial charge in [0.25, 0.3) is 0 Å². The normalized spacial score (nSPS) is 49.6. The minimum Gasteiger partial charge on any atom is -0.481 e. The molecule has 8 fully saturated rings. The lowest BCUT2D eigenvalue weighted by atomic mass is 9.18. The highest BCUT2D eigenvalue weighted by molar-refractivity contribution is 5.74. The van der Waals surface area contributed by atoms with E-state index in [0.717, 1.165) is 102 Å². The molecular weight excluding hydrogens is 781 g/mol. The first-order valence-corrected chi connectivity index (χ1v) is 26.4. The lowest BCUT2D eigenvalue weighted by Crippen LogP contribution is -2.82. The number of benzene rings is 1. The summed E-state index contributed by atoms with van der Waals surface area (Å²) in [5.74, 6) is 9.02. The zero-order chi connectivity index (χ0) is 44.3. The Bertz CT molecular complexity index is 1960. The molecule has 0 unspecified atom stereocenters. The zero-order valence-electron chi connectivity index (χ0n) is 40.3. The van der Waals surface area contributed by atoms with E-state index in [1.54, 1.807) is 7.11 Å². The smallest absolute Gasteiger partial charge is 0.309 e. The van der Waals surface area contributed by atoms with Gasteiger partial charge in [-0.2, -0.15) is 0 Å². The van der Waals surface area contributed by atoms with Crippen molar-refractivity contribution in [2.24, 2.45) is 78.8 Å². The van der Waals surface area contributed by atoms with Gasteiger partial charge in [-0.3, -0.25) is 4.79 Å². The van der Waals surface area contributed by atoms with E-state index in [0.29, 0.717) is 30.8 Å². The van der Waals surface area contributed by atoms with Crippen molar-refractivity contribution in [3.63, 3.8) is 0 Å². The first kappa shape index (κ1) is 44.9. The summed E-state index contributed by atoms with van der Waals surface area (Å²) in [7, 11) is 1.76. The lowest BCUT2D eigenvalue weighted by Gasteiger charge is -2.85. The van der Waals surface area contributed by atoms with E-state index in [4.69, 9.17) is 9.47 Å². The van der Waals surface area contributed by atoms with Gasteiger partial charge in [0.1, 0.15) is 0 Å². The molecule has 8 aliphatic carbocycles. The predicted octanol–water partition coefficient (Wildman–Crippen LogP) is 12.0. The van der Waals surface area contributed by atoms with Crippen LogP contribution in [0.4, 0.5) is 0 Å². The number of rotatable bonds is 12. The highest BCUT2D eigenvalue weighted by Gasteiger charge is 2.89. The van der Waals surface area contributed by atoms with E-state index in [2.05, 4.69) is 70.7 Å². The largest absolute Gasteiger partial charge is 0.481 e. The maximum Gasteiger partial charge on any atom is 0.309 e. The second kappa shape index (κ2) is 15.6. The molecule has 6 heteroatoms. The molecule has 63 heavy (non-hydrogen) atoms. The van der Waals surface area contributed by atoms with Crippen LogP contribution in [0.15, 0.2) is 24.3 Å². The molecule has 1 aromatic carbocycles. The van der Waals surface area contributed by atoms with Crippen LogP contribution in [-0.4, -0.2) is 53.5 Å². The predicted molar refractivity (Wildman–Crippen MR) is 248 cm³/mol. The fourth-order valence-electron chi connectivity index (χ4n) is 20.2. The molecule has 1 aromatic rings. The standard InChI is InChI=1S/C57H84O6/c1-7-11-45-55-32-31-54-25-10-14-40(16-15-39-12-8-9-13-39)23-26-53(46-37-50(3,48(59)60)28-27-49(46,2)29-30-51(53,54)4)35-43-21-22-44(56(55,38-58)52(43,54)5)36-57(45,61)63-47(55)34-42-19-17-41(18-20-42)24-33-62-6/h17-20,39-40,43-47,58,61H,7-9,11-16,21-24,26-38H2,1-6H3,(H,59,60)/t40-,43-,44-,45+,46-,47+,49+,50-,51+,52-,53-,54-,55-,56+,57+/m1/s1. The number of aliphatic hydroxyl groups is 2. The van der Waals surface area contributed by atoms with Crippen molar-refractivity contribution in [3.05, 3.63) is 35.4 Å². The van der Waals surface area contributed by atoms with Crippen LogP contribution in [0.25, 0.3) is 0 Å². The molecule has 1 heterocycles. The number of carboxylic acids is 1. The third-order valence-electron chi connectivity index (χ3n) is 23.4. The van der Waals surface area contributed by atoms with Gasteiger partial charge in [-0.05, 0) is 172 Å². The molecule has 1 saturated heterocycles. The Morgan fingerprint density at radius 2 is 1.54 bits per heavy atom. The van der Waals surface area contributed by atoms with Crippen LogP contribution in [0.5, 0.6) is 0 Å². The van der Waals surface area contributed by atoms with Crippen molar-refractivity contribution < 1.29 is 29.6 Å². The molecule has 9 aliphatic rings. The quantitative estimate of drug-likeness (QED) is 0.181. The first-order valence-electron chi connectivity index (χ1n) is 26.4. The van der Waals surface area contributed by atoms with Gasteiger partial charge in [-0.25, -0.2) is 0 Å². The Morgan fingerprint density at radius 1 is 0.825 bits per heavy atom. The molecule has 3 N–H and O–H groups in total. The molecule has 0 aromatic heterocycles. The molecule has 0 radical (unpaired) electrons. The highest BCUT2D eigenvalue weighted by Crippen LogP contribution is 2.91. The van der Waals surface area contributed by atoms with Gasteiger partial charge in [0.2, 0.25) is 0 Å². The summed E-state index contributed by atoms with van der Waals surface area (Å²) in [6.07, 6.45) is 25.3. The van der Waals surface area contributed by atoms with Crippen molar-refractivity contribution in [3.8, 4) is 11.8 Å². The maximum atomic E-state index is 13.4. The topological polar surface area (TPSA) is 96.2 Å². The van der Waals surface area contributed by atoms with E-state index in [9.17, 15) is 20.1 Å². The van der Waals surface area contributed by atoms with Crippen LogP contribution in [0, 0.1) is 90.7 Å². The Balaban J connectivity index is 1.15. The zero-order valence-corrected chi connectivity index (χ0v) is 40.3. The van der Waals surface area contributed by atoms with Gasteiger partial charge in [0.05, 0.1) is 24.7 Å². The minimum absolute atomic E-state index is 0.0334. The van der Waals surface area contributed by atoms with Crippen LogP contribution in [0.2, 0.25) is 0 Å². The summed E-state index contributed by atoms with van der Waals surface area (Å²) < 4.78 is 12.7.